The zero-order chi connectivity index (χ0) is 10.4. The summed E-state index contributed by atoms with van der Waals surface area (Å²) in [5, 5.41) is 0. The van der Waals surface area contributed by atoms with Crippen molar-refractivity contribution in [2.24, 2.45) is 0 Å². The van der Waals surface area contributed by atoms with Crippen LogP contribution in [0.2, 0.25) is 0 Å². The first-order chi connectivity index (χ1) is 6.81. The van der Waals surface area contributed by atoms with Crippen LogP contribution in [0.3, 0.4) is 0 Å². The van der Waals surface area contributed by atoms with Gasteiger partial charge in [-0.2, -0.15) is 0 Å². The maximum Gasteiger partial charge on any atom is 0.213 e. The summed E-state index contributed by atoms with van der Waals surface area (Å²) in [6.07, 6.45) is 5.30. The first kappa shape index (κ1) is 10.3. The summed E-state index contributed by atoms with van der Waals surface area (Å²) in [6.45, 7) is 7.35. The van der Waals surface area contributed by atoms with Crippen molar-refractivity contribution in [3.05, 3.63) is 55.3 Å². The van der Waals surface area contributed by atoms with Crippen molar-refractivity contribution < 1.29 is 4.74 Å². The molecule has 72 valence electrons. The Labute approximate surface area is 84.3 Å². The Hall–Kier alpha value is -1.83. The van der Waals surface area contributed by atoms with Crippen LogP contribution in [0.4, 0.5) is 0 Å². The van der Waals surface area contributed by atoms with Crippen LogP contribution in [-0.2, 0) is 0 Å². The molecule has 0 saturated heterocycles. The SMILES string of the molecule is C=C/C=C(\C=C)c1cccc(OC)n1. The van der Waals surface area contributed by atoms with Gasteiger partial charge in [-0.15, -0.1) is 0 Å². The summed E-state index contributed by atoms with van der Waals surface area (Å²) in [4.78, 5) is 4.27. The van der Waals surface area contributed by atoms with Gasteiger partial charge in [-0.1, -0.05) is 37.5 Å². The molecule has 0 atom stereocenters. The summed E-state index contributed by atoms with van der Waals surface area (Å²) in [7, 11) is 1.59. The first-order valence-corrected chi connectivity index (χ1v) is 4.28. The predicted molar refractivity (Wildman–Crippen MR) is 59.2 cm³/mol. The van der Waals surface area contributed by atoms with Gasteiger partial charge >= 0.3 is 0 Å². The lowest BCUT2D eigenvalue weighted by Crippen LogP contribution is -1.91. The van der Waals surface area contributed by atoms with E-state index in [0.717, 1.165) is 11.3 Å². The third-order valence-electron chi connectivity index (χ3n) is 1.75. The van der Waals surface area contributed by atoms with Gasteiger partial charge in [-0.25, -0.2) is 4.98 Å². The average Bonchev–Trinajstić information content (AvgIpc) is 2.26. The molecule has 0 aromatic carbocycles. The van der Waals surface area contributed by atoms with Gasteiger partial charge < -0.3 is 4.74 Å². The highest BCUT2D eigenvalue weighted by atomic mass is 16.5. The number of hydrogen-bond donors (Lipinski definition) is 0. The first-order valence-electron chi connectivity index (χ1n) is 4.28. The Morgan fingerprint density at radius 2 is 2.21 bits per heavy atom. The van der Waals surface area contributed by atoms with E-state index in [-0.39, 0.29) is 0 Å². The molecule has 2 nitrogen and oxygen atoms in total. The number of rotatable bonds is 4. The van der Waals surface area contributed by atoms with Crippen molar-refractivity contribution in [2.45, 2.75) is 0 Å². The zero-order valence-corrected chi connectivity index (χ0v) is 8.23. The number of pyridine rings is 1. The van der Waals surface area contributed by atoms with Crippen LogP contribution < -0.4 is 4.74 Å². The van der Waals surface area contributed by atoms with Crippen molar-refractivity contribution in [1.82, 2.24) is 4.98 Å². The van der Waals surface area contributed by atoms with E-state index in [1.54, 1.807) is 25.3 Å². The molecule has 0 aliphatic rings. The number of allylic oxidation sites excluding steroid dienone is 4. The van der Waals surface area contributed by atoms with E-state index < -0.39 is 0 Å². The molecule has 0 bridgehead atoms. The van der Waals surface area contributed by atoms with Gasteiger partial charge in [0.05, 0.1) is 12.8 Å². The molecule has 0 saturated carbocycles. The molecule has 0 unspecified atom stereocenters. The molecule has 0 radical (unpaired) electrons. The van der Waals surface area contributed by atoms with Gasteiger partial charge in [0.2, 0.25) is 5.88 Å². The Morgan fingerprint density at radius 1 is 1.43 bits per heavy atom. The fraction of sp³-hybridized carbons (Fsp3) is 0.0833. The van der Waals surface area contributed by atoms with Crippen molar-refractivity contribution in [2.75, 3.05) is 7.11 Å². The second-order valence-electron chi connectivity index (χ2n) is 2.63. The van der Waals surface area contributed by atoms with Gasteiger partial charge in [0.1, 0.15) is 0 Å². The molecule has 14 heavy (non-hydrogen) atoms. The Balaban J connectivity index is 3.10. The lowest BCUT2D eigenvalue weighted by molar-refractivity contribution is 0.397. The number of ether oxygens (including phenoxy) is 1. The minimum absolute atomic E-state index is 0.597. The van der Waals surface area contributed by atoms with Crippen LogP contribution in [0.15, 0.2) is 49.6 Å². The highest BCUT2D eigenvalue weighted by molar-refractivity contribution is 5.72. The number of hydrogen-bond acceptors (Lipinski definition) is 2. The van der Waals surface area contributed by atoms with Crippen LogP contribution in [-0.4, -0.2) is 12.1 Å². The molecule has 0 aliphatic carbocycles. The lowest BCUT2D eigenvalue weighted by atomic mass is 10.1. The molecule has 0 fully saturated rings. The monoisotopic (exact) mass is 187 g/mol. The van der Waals surface area contributed by atoms with E-state index in [0.29, 0.717) is 5.88 Å². The van der Waals surface area contributed by atoms with Crippen LogP contribution in [0.5, 0.6) is 5.88 Å². The molecule has 2 heteroatoms. The molecule has 1 heterocycles. The molecule has 0 spiro atoms. The third kappa shape index (κ3) is 2.33. The molecule has 1 rings (SSSR count). The molecule has 0 N–H and O–H groups in total. The quantitative estimate of drug-likeness (QED) is 0.676. The van der Waals surface area contributed by atoms with E-state index in [4.69, 9.17) is 4.74 Å². The topological polar surface area (TPSA) is 22.1 Å². The van der Waals surface area contributed by atoms with Crippen molar-refractivity contribution in [3.63, 3.8) is 0 Å². The summed E-state index contributed by atoms with van der Waals surface area (Å²) in [6, 6.07) is 5.60. The molecule has 1 aromatic heterocycles. The summed E-state index contributed by atoms with van der Waals surface area (Å²) < 4.78 is 5.03. The summed E-state index contributed by atoms with van der Waals surface area (Å²) in [5.41, 5.74) is 1.76. The maximum absolute atomic E-state index is 5.03. The second kappa shape index (κ2) is 5.02. The van der Waals surface area contributed by atoms with Crippen molar-refractivity contribution >= 4 is 5.57 Å². The standard InChI is InChI=1S/C12H13NO/c1-4-7-10(5-2)11-8-6-9-12(13-11)14-3/h4-9H,1-2H2,3H3/b10-7+. The normalized spacial score (nSPS) is 10.8. The van der Waals surface area contributed by atoms with Crippen LogP contribution >= 0.6 is 0 Å². The highest BCUT2D eigenvalue weighted by Crippen LogP contribution is 2.16. The smallest absolute Gasteiger partial charge is 0.213 e. The van der Waals surface area contributed by atoms with Crippen molar-refractivity contribution in [3.8, 4) is 5.88 Å². The van der Waals surface area contributed by atoms with Gasteiger partial charge in [0, 0.05) is 6.07 Å². The highest BCUT2D eigenvalue weighted by Gasteiger charge is 1.99. The van der Waals surface area contributed by atoms with Crippen LogP contribution in [0, 0.1) is 0 Å². The zero-order valence-electron chi connectivity index (χ0n) is 8.23. The molecule has 1 aromatic rings. The minimum atomic E-state index is 0.597. The van der Waals surface area contributed by atoms with Gasteiger partial charge in [-0.05, 0) is 11.6 Å². The third-order valence-corrected chi connectivity index (χ3v) is 1.75. The van der Waals surface area contributed by atoms with Crippen LogP contribution in [0.1, 0.15) is 5.69 Å². The Morgan fingerprint density at radius 3 is 2.79 bits per heavy atom. The number of methoxy groups -OCH3 is 1. The van der Waals surface area contributed by atoms with Gasteiger partial charge in [0.25, 0.3) is 0 Å². The Bertz CT molecular complexity index is 366. The summed E-state index contributed by atoms with van der Waals surface area (Å²) in [5.74, 6) is 0.597. The van der Waals surface area contributed by atoms with E-state index >= 15 is 0 Å². The second-order valence-corrected chi connectivity index (χ2v) is 2.63. The maximum atomic E-state index is 5.03. The van der Waals surface area contributed by atoms with Gasteiger partial charge in [-0.3, -0.25) is 0 Å². The summed E-state index contributed by atoms with van der Waals surface area (Å²) >= 11 is 0. The minimum Gasteiger partial charge on any atom is -0.481 e. The van der Waals surface area contributed by atoms with E-state index in [9.17, 15) is 0 Å². The predicted octanol–water partition coefficient (Wildman–Crippen LogP) is 2.85. The number of aromatic nitrogens is 1. The van der Waals surface area contributed by atoms with E-state index in [1.165, 1.54) is 0 Å². The fourth-order valence-corrected chi connectivity index (χ4v) is 1.07. The number of nitrogens with zero attached hydrogens (tertiary/aromatic N) is 1. The molecule has 0 amide bonds. The molecular formula is C12H13NO. The molecular weight excluding hydrogens is 174 g/mol. The average molecular weight is 187 g/mol. The van der Waals surface area contributed by atoms with Crippen LogP contribution in [0.25, 0.3) is 5.57 Å². The largest absolute Gasteiger partial charge is 0.481 e. The molecule has 0 aliphatic heterocycles. The van der Waals surface area contributed by atoms with E-state index in [1.807, 2.05) is 18.2 Å². The lowest BCUT2D eigenvalue weighted by Gasteiger charge is -2.03. The van der Waals surface area contributed by atoms with E-state index in [2.05, 4.69) is 18.1 Å². The van der Waals surface area contributed by atoms with Crippen molar-refractivity contribution in [1.29, 1.82) is 0 Å². The van der Waals surface area contributed by atoms with Gasteiger partial charge in [0.15, 0.2) is 0 Å². The fourth-order valence-electron chi connectivity index (χ4n) is 1.07. The Kier molecular flexibility index (Phi) is 3.68.